The van der Waals surface area contributed by atoms with E-state index >= 15 is 0 Å². The summed E-state index contributed by atoms with van der Waals surface area (Å²) in [4.78, 5) is 2.51. The lowest BCUT2D eigenvalue weighted by Gasteiger charge is -2.14. The summed E-state index contributed by atoms with van der Waals surface area (Å²) in [5, 5.41) is 0. The summed E-state index contributed by atoms with van der Waals surface area (Å²) >= 11 is 4.09. The number of benzene rings is 1. The topological polar surface area (TPSA) is 3.24 Å². The maximum atomic E-state index is 4.09. The van der Waals surface area contributed by atoms with E-state index in [0.29, 0.717) is 5.75 Å². The van der Waals surface area contributed by atoms with Crippen LogP contribution in [-0.2, 0) is 6.54 Å². The Labute approximate surface area is 103 Å². The lowest BCUT2D eigenvalue weighted by atomic mass is 10.1. The molecule has 0 amide bonds. The number of hydrogen-bond donors (Lipinski definition) is 1. The fourth-order valence-electron chi connectivity index (χ4n) is 2.09. The van der Waals surface area contributed by atoms with Crippen LogP contribution < -0.4 is 0 Å². The highest BCUT2D eigenvalue weighted by Gasteiger charge is 2.11. The van der Waals surface area contributed by atoms with E-state index in [0.717, 1.165) is 12.1 Å². The van der Waals surface area contributed by atoms with Crippen molar-refractivity contribution in [2.45, 2.75) is 19.4 Å². The first-order valence-corrected chi connectivity index (χ1v) is 6.43. The van der Waals surface area contributed by atoms with Crippen LogP contribution in [0.15, 0.2) is 24.3 Å². The molecule has 2 heteroatoms. The van der Waals surface area contributed by atoms with Crippen LogP contribution in [0.4, 0.5) is 0 Å². The number of thiol groups is 1. The SMILES string of the molecule is SCC#Cc1cccc(CN2CCCC2)c1. The second-order valence-electron chi connectivity index (χ2n) is 4.14. The zero-order valence-electron chi connectivity index (χ0n) is 9.45. The van der Waals surface area contributed by atoms with Gasteiger partial charge in [-0.25, -0.2) is 0 Å². The molecular weight excluding hydrogens is 214 g/mol. The zero-order chi connectivity index (χ0) is 11.2. The second kappa shape index (κ2) is 5.98. The normalized spacial score (nSPS) is 15.8. The Kier molecular flexibility index (Phi) is 4.33. The molecule has 0 N–H and O–H groups in total. The Morgan fingerprint density at radius 2 is 2.06 bits per heavy atom. The highest BCUT2D eigenvalue weighted by molar-refractivity contribution is 7.80. The predicted octanol–water partition coefficient (Wildman–Crippen LogP) is 2.56. The molecule has 16 heavy (non-hydrogen) atoms. The molecule has 1 aromatic rings. The van der Waals surface area contributed by atoms with Crippen molar-refractivity contribution in [2.75, 3.05) is 18.8 Å². The summed E-state index contributed by atoms with van der Waals surface area (Å²) in [7, 11) is 0. The monoisotopic (exact) mass is 231 g/mol. The van der Waals surface area contributed by atoms with E-state index in [1.165, 1.54) is 31.5 Å². The van der Waals surface area contributed by atoms with Crippen molar-refractivity contribution in [3.05, 3.63) is 35.4 Å². The fraction of sp³-hybridized carbons (Fsp3) is 0.429. The molecule has 1 aliphatic heterocycles. The summed E-state index contributed by atoms with van der Waals surface area (Å²) < 4.78 is 0. The number of rotatable bonds is 2. The Hall–Kier alpha value is -0.910. The van der Waals surface area contributed by atoms with Crippen molar-refractivity contribution < 1.29 is 0 Å². The van der Waals surface area contributed by atoms with Crippen molar-refractivity contribution in [1.82, 2.24) is 4.90 Å². The molecule has 1 heterocycles. The molecule has 0 aliphatic carbocycles. The predicted molar refractivity (Wildman–Crippen MR) is 71.7 cm³/mol. The number of likely N-dealkylation sites (tertiary alicyclic amines) is 1. The molecule has 84 valence electrons. The molecular formula is C14H17NS. The van der Waals surface area contributed by atoms with E-state index in [4.69, 9.17) is 0 Å². The van der Waals surface area contributed by atoms with Crippen LogP contribution in [0.3, 0.4) is 0 Å². The molecule has 0 saturated carbocycles. The van der Waals surface area contributed by atoms with Gasteiger partial charge in [-0.05, 0) is 43.6 Å². The van der Waals surface area contributed by atoms with Crippen LogP contribution in [0.5, 0.6) is 0 Å². The summed E-state index contributed by atoms with van der Waals surface area (Å²) in [6, 6.07) is 8.52. The van der Waals surface area contributed by atoms with Crippen LogP contribution in [0.25, 0.3) is 0 Å². The van der Waals surface area contributed by atoms with Gasteiger partial charge in [-0.3, -0.25) is 4.90 Å². The average molecular weight is 231 g/mol. The highest BCUT2D eigenvalue weighted by Crippen LogP contribution is 2.13. The van der Waals surface area contributed by atoms with E-state index in [9.17, 15) is 0 Å². The van der Waals surface area contributed by atoms with Gasteiger partial charge >= 0.3 is 0 Å². The van der Waals surface area contributed by atoms with Crippen molar-refractivity contribution in [1.29, 1.82) is 0 Å². The number of nitrogens with zero attached hydrogens (tertiary/aromatic N) is 1. The first kappa shape index (κ1) is 11.6. The van der Waals surface area contributed by atoms with Crippen LogP contribution in [0.1, 0.15) is 24.0 Å². The van der Waals surface area contributed by atoms with E-state index in [2.05, 4.69) is 53.6 Å². The smallest absolute Gasteiger partial charge is 0.0521 e. The summed E-state index contributed by atoms with van der Waals surface area (Å²) in [6.45, 7) is 3.55. The molecule has 1 aliphatic rings. The van der Waals surface area contributed by atoms with Gasteiger partial charge in [0, 0.05) is 12.1 Å². The lowest BCUT2D eigenvalue weighted by Crippen LogP contribution is -2.18. The van der Waals surface area contributed by atoms with Crippen LogP contribution in [0, 0.1) is 11.8 Å². The maximum Gasteiger partial charge on any atom is 0.0521 e. The van der Waals surface area contributed by atoms with Gasteiger partial charge in [0.2, 0.25) is 0 Å². The van der Waals surface area contributed by atoms with E-state index in [-0.39, 0.29) is 0 Å². The van der Waals surface area contributed by atoms with Gasteiger partial charge < -0.3 is 0 Å². The van der Waals surface area contributed by atoms with Crippen LogP contribution in [-0.4, -0.2) is 23.7 Å². The van der Waals surface area contributed by atoms with Crippen molar-refractivity contribution in [3.63, 3.8) is 0 Å². The molecule has 1 nitrogen and oxygen atoms in total. The molecule has 1 saturated heterocycles. The molecule has 1 fully saturated rings. The Bertz CT molecular complexity index is 397. The van der Waals surface area contributed by atoms with Crippen LogP contribution >= 0.6 is 12.6 Å². The van der Waals surface area contributed by atoms with Crippen molar-refractivity contribution in [2.24, 2.45) is 0 Å². The lowest BCUT2D eigenvalue weighted by molar-refractivity contribution is 0.331. The quantitative estimate of drug-likeness (QED) is 0.605. The molecule has 0 bridgehead atoms. The molecule has 0 spiro atoms. The minimum absolute atomic E-state index is 0.621. The summed E-state index contributed by atoms with van der Waals surface area (Å²) in [5.41, 5.74) is 2.47. The number of hydrogen-bond acceptors (Lipinski definition) is 2. The minimum Gasteiger partial charge on any atom is -0.299 e. The molecule has 0 atom stereocenters. The Balaban J connectivity index is 2.03. The van der Waals surface area contributed by atoms with E-state index < -0.39 is 0 Å². The first-order chi connectivity index (χ1) is 7.88. The third-order valence-electron chi connectivity index (χ3n) is 2.84. The van der Waals surface area contributed by atoms with Gasteiger partial charge in [0.05, 0.1) is 5.75 Å². The average Bonchev–Trinajstić information content (AvgIpc) is 2.80. The second-order valence-corrected chi connectivity index (χ2v) is 4.46. The van der Waals surface area contributed by atoms with Crippen molar-refractivity contribution in [3.8, 4) is 11.8 Å². The van der Waals surface area contributed by atoms with Gasteiger partial charge in [0.25, 0.3) is 0 Å². The summed E-state index contributed by atoms with van der Waals surface area (Å²) in [6.07, 6.45) is 2.69. The third-order valence-corrected chi connectivity index (χ3v) is 3.00. The molecule has 0 radical (unpaired) electrons. The zero-order valence-corrected chi connectivity index (χ0v) is 10.3. The summed E-state index contributed by atoms with van der Waals surface area (Å²) in [5.74, 6) is 6.72. The van der Waals surface area contributed by atoms with Gasteiger partial charge in [-0.2, -0.15) is 12.6 Å². The van der Waals surface area contributed by atoms with Gasteiger partial charge in [0.1, 0.15) is 0 Å². The van der Waals surface area contributed by atoms with Crippen LogP contribution in [0.2, 0.25) is 0 Å². The highest BCUT2D eigenvalue weighted by atomic mass is 32.1. The van der Waals surface area contributed by atoms with E-state index in [1.807, 2.05) is 0 Å². The van der Waals surface area contributed by atoms with Gasteiger partial charge in [0.15, 0.2) is 0 Å². The maximum absolute atomic E-state index is 4.09. The van der Waals surface area contributed by atoms with Crippen molar-refractivity contribution >= 4 is 12.6 Å². The fourth-order valence-corrected chi connectivity index (χ4v) is 2.17. The molecule has 0 unspecified atom stereocenters. The largest absolute Gasteiger partial charge is 0.299 e. The minimum atomic E-state index is 0.621. The standard InChI is InChI=1S/C14H17NS/c16-10-4-7-13-5-3-6-14(11-13)12-15-8-1-2-9-15/h3,5-6,11,16H,1-2,8-10,12H2. The molecule has 1 aromatic carbocycles. The molecule has 2 rings (SSSR count). The Morgan fingerprint density at radius 3 is 2.81 bits per heavy atom. The van der Waals surface area contributed by atoms with Gasteiger partial charge in [-0.15, -0.1) is 0 Å². The van der Waals surface area contributed by atoms with Gasteiger partial charge in [-0.1, -0.05) is 24.0 Å². The molecule has 0 aromatic heterocycles. The van der Waals surface area contributed by atoms with E-state index in [1.54, 1.807) is 0 Å². The third kappa shape index (κ3) is 3.30. The Morgan fingerprint density at radius 1 is 1.25 bits per heavy atom. The first-order valence-electron chi connectivity index (χ1n) is 5.79.